The van der Waals surface area contributed by atoms with Gasteiger partial charge in [-0.3, -0.25) is 0 Å². The number of ether oxygens (including phenoxy) is 5. The number of imidazole rings is 1. The van der Waals surface area contributed by atoms with Gasteiger partial charge in [0.1, 0.15) is 40.0 Å². The number of fused-ring (bicyclic) bond motifs is 2. The molecule has 1 aliphatic rings. The van der Waals surface area contributed by atoms with Gasteiger partial charge >= 0.3 is 0 Å². The van der Waals surface area contributed by atoms with E-state index < -0.39 is 0 Å². The van der Waals surface area contributed by atoms with Crippen LogP contribution < -0.4 is 14.2 Å². The second kappa shape index (κ2) is 9.36. The number of benzene rings is 1. The van der Waals surface area contributed by atoms with E-state index in [1.807, 2.05) is 29.8 Å². The molecule has 5 heterocycles. The molecule has 0 atom stereocenters. The molecule has 0 aliphatic carbocycles. The lowest BCUT2D eigenvalue weighted by molar-refractivity contribution is -0.0949. The highest BCUT2D eigenvalue weighted by Gasteiger charge is 2.37. The molecular weight excluding hydrogens is 504 g/mol. The highest BCUT2D eigenvalue weighted by Crippen LogP contribution is 2.39. The first-order chi connectivity index (χ1) is 17.6. The van der Waals surface area contributed by atoms with E-state index in [9.17, 15) is 0 Å². The lowest BCUT2D eigenvalue weighted by atomic mass is 9.95. The van der Waals surface area contributed by atoms with Gasteiger partial charge in [0, 0.05) is 50.7 Å². The molecule has 0 N–H and O–H groups in total. The highest BCUT2D eigenvalue weighted by atomic mass is 32.1. The predicted octanol–water partition coefficient (Wildman–Crippen LogP) is 4.91. The molecule has 0 spiro atoms. The van der Waals surface area contributed by atoms with Gasteiger partial charge in [-0.05, 0) is 17.4 Å². The molecule has 10 nitrogen and oxygen atoms in total. The maximum absolute atomic E-state index is 6.22. The molecule has 6 rings (SSSR count). The Kier molecular flexibility index (Phi) is 6.04. The lowest BCUT2D eigenvalue weighted by Crippen LogP contribution is -2.35. The van der Waals surface area contributed by atoms with Crippen LogP contribution in [0.5, 0.6) is 16.7 Å². The van der Waals surface area contributed by atoms with Crippen molar-refractivity contribution >= 4 is 38.6 Å². The molecule has 12 heteroatoms. The Labute approximate surface area is 214 Å². The third-order valence-corrected chi connectivity index (χ3v) is 8.23. The molecule has 0 amide bonds. The average Bonchev–Trinajstić information content (AvgIpc) is 3.69. The van der Waals surface area contributed by atoms with Gasteiger partial charge < -0.3 is 28.1 Å². The minimum Gasteiger partial charge on any atom is -0.496 e. The second-order valence-corrected chi connectivity index (χ2v) is 10.1. The maximum Gasteiger partial charge on any atom is 0.294 e. The molecule has 1 aromatic carbocycles. The van der Waals surface area contributed by atoms with E-state index in [1.54, 1.807) is 37.2 Å². The second-order valence-electron chi connectivity index (χ2n) is 8.32. The Bertz CT molecular complexity index is 1480. The van der Waals surface area contributed by atoms with Crippen LogP contribution in [-0.2, 0) is 21.7 Å². The number of hydrogen-bond acceptors (Lipinski definition) is 11. The van der Waals surface area contributed by atoms with Crippen molar-refractivity contribution < 1.29 is 28.1 Å². The Hall–Kier alpha value is -3.19. The molecule has 1 fully saturated rings. The van der Waals surface area contributed by atoms with E-state index in [0.717, 1.165) is 28.9 Å². The van der Waals surface area contributed by atoms with Crippen molar-refractivity contribution in [3.63, 3.8) is 0 Å². The van der Waals surface area contributed by atoms with Crippen molar-refractivity contribution in [2.45, 2.75) is 25.0 Å². The van der Waals surface area contributed by atoms with Gasteiger partial charge in [-0.15, -0.1) is 16.4 Å². The first kappa shape index (κ1) is 23.2. The van der Waals surface area contributed by atoms with Crippen LogP contribution in [0, 0.1) is 0 Å². The summed E-state index contributed by atoms with van der Waals surface area (Å²) in [5.74, 6) is 1.88. The van der Waals surface area contributed by atoms with Crippen LogP contribution in [0.2, 0.25) is 0 Å². The van der Waals surface area contributed by atoms with Crippen molar-refractivity contribution in [3.05, 3.63) is 40.5 Å². The largest absolute Gasteiger partial charge is 0.496 e. The standard InChI is InChI=1S/C24H24N4O6S2/c1-29-15-8-18(33-12-14-13-35-21(25-14)24(31-3)4-6-32-7-5-24)16-10-20(34-19(16)9-15)17-11-28-22(26-17)36-23(27-28)30-2/h8-11,13H,4-7,12H2,1-3H3. The maximum atomic E-state index is 6.22. The summed E-state index contributed by atoms with van der Waals surface area (Å²) in [6.07, 6.45) is 3.39. The van der Waals surface area contributed by atoms with E-state index in [4.69, 9.17) is 33.1 Å². The predicted molar refractivity (Wildman–Crippen MR) is 134 cm³/mol. The van der Waals surface area contributed by atoms with Gasteiger partial charge in [-0.2, -0.15) is 0 Å². The van der Waals surface area contributed by atoms with Crippen LogP contribution in [0.15, 0.2) is 34.2 Å². The number of methoxy groups -OCH3 is 3. The van der Waals surface area contributed by atoms with Crippen molar-refractivity contribution in [2.75, 3.05) is 34.5 Å². The molecule has 1 aliphatic heterocycles. The monoisotopic (exact) mass is 528 g/mol. The molecule has 1 saturated heterocycles. The zero-order chi connectivity index (χ0) is 24.7. The first-order valence-electron chi connectivity index (χ1n) is 11.3. The SMILES string of the molecule is COc1cc(OCc2csc(C3(OC)CCOCC3)n2)c2cc(-c3cn4nc(OC)sc4n3)oc2c1. The van der Waals surface area contributed by atoms with Gasteiger partial charge in [0.2, 0.25) is 4.96 Å². The fourth-order valence-corrected chi connectivity index (χ4v) is 6.01. The minimum absolute atomic E-state index is 0.305. The van der Waals surface area contributed by atoms with Crippen LogP contribution in [0.4, 0.5) is 0 Å². The topological polar surface area (TPSA) is 102 Å². The fraction of sp³-hybridized carbons (Fsp3) is 0.375. The van der Waals surface area contributed by atoms with Gasteiger partial charge in [0.15, 0.2) is 5.76 Å². The summed E-state index contributed by atoms with van der Waals surface area (Å²) in [7, 11) is 4.94. The Morgan fingerprint density at radius 2 is 1.94 bits per heavy atom. The van der Waals surface area contributed by atoms with E-state index in [0.29, 0.717) is 58.5 Å². The number of hydrogen-bond donors (Lipinski definition) is 0. The summed E-state index contributed by atoms with van der Waals surface area (Å²) in [5.41, 5.74) is 1.76. The summed E-state index contributed by atoms with van der Waals surface area (Å²) in [6.45, 7) is 1.64. The molecule has 0 unspecified atom stereocenters. The van der Waals surface area contributed by atoms with E-state index >= 15 is 0 Å². The zero-order valence-corrected chi connectivity index (χ0v) is 21.6. The van der Waals surface area contributed by atoms with Crippen LogP contribution in [-0.4, -0.2) is 54.1 Å². The quantitative estimate of drug-likeness (QED) is 0.278. The molecule has 0 radical (unpaired) electrons. The number of rotatable bonds is 8. The van der Waals surface area contributed by atoms with E-state index in [1.165, 1.54) is 11.3 Å². The number of nitrogens with zero attached hydrogens (tertiary/aromatic N) is 4. The normalized spacial score (nSPS) is 15.5. The fourth-order valence-electron chi connectivity index (χ4n) is 4.27. The third kappa shape index (κ3) is 4.09. The molecule has 4 aromatic heterocycles. The molecule has 5 aromatic rings. The lowest BCUT2D eigenvalue weighted by Gasteiger charge is -2.33. The number of thiazole rings is 1. The summed E-state index contributed by atoms with van der Waals surface area (Å²) in [6, 6.07) is 5.60. The van der Waals surface area contributed by atoms with Crippen molar-refractivity contribution in [3.8, 4) is 28.1 Å². The van der Waals surface area contributed by atoms with Gasteiger partial charge in [-0.1, -0.05) is 0 Å². The van der Waals surface area contributed by atoms with Crippen LogP contribution in [0.25, 0.3) is 27.4 Å². The van der Waals surface area contributed by atoms with Crippen molar-refractivity contribution in [1.82, 2.24) is 19.6 Å². The van der Waals surface area contributed by atoms with Crippen LogP contribution >= 0.6 is 22.7 Å². The smallest absolute Gasteiger partial charge is 0.294 e. The van der Waals surface area contributed by atoms with Crippen molar-refractivity contribution in [1.29, 1.82) is 0 Å². The summed E-state index contributed by atoms with van der Waals surface area (Å²) in [5, 5.41) is 8.67. The van der Waals surface area contributed by atoms with Gasteiger partial charge in [0.05, 0.1) is 31.5 Å². The van der Waals surface area contributed by atoms with Crippen molar-refractivity contribution in [2.24, 2.45) is 0 Å². The Morgan fingerprint density at radius 3 is 2.69 bits per heavy atom. The molecule has 0 bridgehead atoms. The molecule has 0 saturated carbocycles. The molecular formula is C24H24N4O6S2. The zero-order valence-electron chi connectivity index (χ0n) is 20.0. The van der Waals surface area contributed by atoms with Crippen LogP contribution in [0.3, 0.4) is 0 Å². The summed E-state index contributed by atoms with van der Waals surface area (Å²) < 4.78 is 36.1. The molecule has 188 valence electrons. The average molecular weight is 529 g/mol. The van der Waals surface area contributed by atoms with E-state index in [-0.39, 0.29) is 5.60 Å². The first-order valence-corrected chi connectivity index (χ1v) is 13.0. The number of furan rings is 1. The highest BCUT2D eigenvalue weighted by molar-refractivity contribution is 7.18. The van der Waals surface area contributed by atoms with E-state index in [2.05, 4.69) is 10.1 Å². The Morgan fingerprint density at radius 1 is 1.08 bits per heavy atom. The van der Waals surface area contributed by atoms with Crippen LogP contribution in [0.1, 0.15) is 23.5 Å². The van der Waals surface area contributed by atoms with Gasteiger partial charge in [-0.25, -0.2) is 14.5 Å². The summed E-state index contributed by atoms with van der Waals surface area (Å²) >= 11 is 2.95. The summed E-state index contributed by atoms with van der Waals surface area (Å²) in [4.78, 5) is 10.2. The minimum atomic E-state index is -0.388. The van der Waals surface area contributed by atoms with Gasteiger partial charge in [0.25, 0.3) is 5.19 Å². The third-order valence-electron chi connectivity index (χ3n) is 6.27. The number of aromatic nitrogens is 4. The Balaban J connectivity index is 1.27. The molecule has 36 heavy (non-hydrogen) atoms.